The van der Waals surface area contributed by atoms with Crippen LogP contribution >= 0.6 is 19.0 Å². The fraction of sp³-hybridized carbons (Fsp3) is 0.250. The molecule has 0 aliphatic heterocycles. The number of halogens is 1. The molecule has 2 rings (SSSR count). The zero-order valence-electron chi connectivity index (χ0n) is 11.7. The maximum atomic E-state index is 13.3. The molecule has 0 radical (unpaired) electrons. The molecule has 2 aromatic rings. The maximum Gasteiger partial charge on any atom is 0.261 e. The van der Waals surface area contributed by atoms with E-state index >= 15 is 0 Å². The summed E-state index contributed by atoms with van der Waals surface area (Å²) in [6.07, 6.45) is 0. The van der Waals surface area contributed by atoms with Gasteiger partial charge in [0.2, 0.25) is 0 Å². The van der Waals surface area contributed by atoms with Crippen molar-refractivity contribution in [2.45, 2.75) is 13.8 Å². The number of aryl methyl sites for hydroxylation is 2. The molecule has 0 amide bonds. The zero-order chi connectivity index (χ0) is 14.6. The number of alkyl halides is 1. The van der Waals surface area contributed by atoms with Crippen molar-refractivity contribution in [1.82, 2.24) is 0 Å². The number of hydrogen-bond acceptors (Lipinski definition) is 2. The quantitative estimate of drug-likeness (QED) is 0.620. The molecular formula is C16H18ClO2P. The van der Waals surface area contributed by atoms with E-state index in [0.717, 1.165) is 11.1 Å². The molecule has 2 nitrogen and oxygen atoms in total. The summed E-state index contributed by atoms with van der Waals surface area (Å²) in [4.78, 5) is 0. The van der Waals surface area contributed by atoms with Gasteiger partial charge in [0.25, 0.3) is 7.37 Å². The second kappa shape index (κ2) is 6.58. The highest BCUT2D eigenvalue weighted by Crippen LogP contribution is 2.44. The minimum atomic E-state index is -3.06. The monoisotopic (exact) mass is 308 g/mol. The first-order valence-corrected chi connectivity index (χ1v) is 8.67. The van der Waals surface area contributed by atoms with Crippen LogP contribution < -0.4 is 10.6 Å². The van der Waals surface area contributed by atoms with Crippen molar-refractivity contribution >= 4 is 29.6 Å². The van der Waals surface area contributed by atoms with Gasteiger partial charge in [-0.3, -0.25) is 4.57 Å². The Bertz CT molecular complexity index is 556. The van der Waals surface area contributed by atoms with Crippen molar-refractivity contribution < 1.29 is 9.09 Å². The third kappa shape index (κ3) is 3.32. The molecule has 0 aromatic heterocycles. The summed E-state index contributed by atoms with van der Waals surface area (Å²) in [6, 6.07) is 15.2. The van der Waals surface area contributed by atoms with Crippen LogP contribution in [0, 0.1) is 13.8 Å². The van der Waals surface area contributed by atoms with Gasteiger partial charge in [0, 0.05) is 16.5 Å². The zero-order valence-corrected chi connectivity index (χ0v) is 13.3. The van der Waals surface area contributed by atoms with E-state index in [1.807, 2.05) is 62.4 Å². The van der Waals surface area contributed by atoms with E-state index in [4.69, 9.17) is 16.1 Å². The minimum Gasteiger partial charge on any atom is -0.321 e. The summed E-state index contributed by atoms with van der Waals surface area (Å²) in [5, 5.41) is 1.41. The van der Waals surface area contributed by atoms with E-state index in [1.54, 1.807) is 0 Å². The summed E-state index contributed by atoms with van der Waals surface area (Å²) in [7, 11) is -3.06. The standard InChI is InChI=1S/C16H18ClO2P/c1-13-3-7-15(8-4-13)20(18,19-12-11-17)16-9-5-14(2)6-10-16/h3-10H,11-12H2,1-2H3. The third-order valence-corrected chi connectivity index (χ3v) is 5.75. The van der Waals surface area contributed by atoms with E-state index in [-0.39, 0.29) is 6.61 Å². The van der Waals surface area contributed by atoms with Crippen molar-refractivity contribution in [3.63, 3.8) is 0 Å². The van der Waals surface area contributed by atoms with Crippen molar-refractivity contribution in [2.75, 3.05) is 12.5 Å². The van der Waals surface area contributed by atoms with Gasteiger partial charge in [0.05, 0.1) is 6.61 Å². The smallest absolute Gasteiger partial charge is 0.261 e. The van der Waals surface area contributed by atoms with Gasteiger partial charge in [-0.25, -0.2) is 0 Å². The molecule has 0 spiro atoms. The van der Waals surface area contributed by atoms with Gasteiger partial charge in [0.15, 0.2) is 0 Å². The van der Waals surface area contributed by atoms with Gasteiger partial charge in [0.1, 0.15) is 0 Å². The Labute approximate surface area is 125 Å². The van der Waals surface area contributed by atoms with Crippen molar-refractivity contribution in [3.05, 3.63) is 59.7 Å². The Kier molecular flexibility index (Phi) is 5.04. The van der Waals surface area contributed by atoms with Gasteiger partial charge >= 0.3 is 0 Å². The Hall–Kier alpha value is -1.08. The largest absolute Gasteiger partial charge is 0.321 e. The van der Waals surface area contributed by atoms with Crippen LogP contribution in [0.1, 0.15) is 11.1 Å². The first-order valence-electron chi connectivity index (χ1n) is 6.51. The van der Waals surface area contributed by atoms with Crippen LogP contribution in [0.15, 0.2) is 48.5 Å². The summed E-state index contributed by atoms with van der Waals surface area (Å²) in [5.74, 6) is 0.321. The normalized spacial score (nSPS) is 11.6. The molecule has 0 unspecified atom stereocenters. The molecule has 0 saturated carbocycles. The van der Waals surface area contributed by atoms with Gasteiger partial charge in [-0.15, -0.1) is 11.6 Å². The molecule has 0 heterocycles. The molecule has 0 aliphatic rings. The number of rotatable bonds is 5. The van der Waals surface area contributed by atoms with E-state index in [0.29, 0.717) is 16.5 Å². The molecule has 0 aliphatic carbocycles. The molecule has 106 valence electrons. The van der Waals surface area contributed by atoms with Crippen molar-refractivity contribution in [2.24, 2.45) is 0 Å². The maximum absolute atomic E-state index is 13.3. The van der Waals surface area contributed by atoms with E-state index in [1.165, 1.54) is 0 Å². The van der Waals surface area contributed by atoms with Crippen LogP contribution in [0.25, 0.3) is 0 Å². The number of benzene rings is 2. The molecule has 0 N–H and O–H groups in total. The Balaban J connectivity index is 2.47. The Morgan fingerprint density at radius 1 is 0.900 bits per heavy atom. The van der Waals surface area contributed by atoms with Crippen LogP contribution in [-0.2, 0) is 9.09 Å². The lowest BCUT2D eigenvalue weighted by atomic mass is 10.2. The average Bonchev–Trinajstić information content (AvgIpc) is 2.46. The second-order valence-electron chi connectivity index (χ2n) is 4.74. The van der Waals surface area contributed by atoms with E-state index in [2.05, 4.69) is 0 Å². The topological polar surface area (TPSA) is 26.3 Å². The molecule has 0 fully saturated rings. The first-order chi connectivity index (χ1) is 9.56. The fourth-order valence-electron chi connectivity index (χ4n) is 1.94. The first kappa shape index (κ1) is 15.3. The van der Waals surface area contributed by atoms with Crippen molar-refractivity contribution in [1.29, 1.82) is 0 Å². The van der Waals surface area contributed by atoms with Gasteiger partial charge in [-0.1, -0.05) is 35.4 Å². The molecule has 20 heavy (non-hydrogen) atoms. The molecule has 0 saturated heterocycles. The average molecular weight is 309 g/mol. The Morgan fingerprint density at radius 3 is 1.65 bits per heavy atom. The summed E-state index contributed by atoms with van der Waals surface area (Å²) >= 11 is 5.69. The molecule has 0 atom stereocenters. The van der Waals surface area contributed by atoms with Crippen LogP contribution in [0.2, 0.25) is 0 Å². The second-order valence-corrected chi connectivity index (χ2v) is 7.52. The van der Waals surface area contributed by atoms with Gasteiger partial charge in [-0.05, 0) is 38.1 Å². The molecule has 0 bridgehead atoms. The number of hydrogen-bond donors (Lipinski definition) is 0. The lowest BCUT2D eigenvalue weighted by molar-refractivity contribution is 0.350. The van der Waals surface area contributed by atoms with Crippen LogP contribution in [0.5, 0.6) is 0 Å². The van der Waals surface area contributed by atoms with E-state index < -0.39 is 7.37 Å². The molecule has 4 heteroatoms. The highest BCUT2D eigenvalue weighted by molar-refractivity contribution is 7.74. The predicted octanol–water partition coefficient (Wildman–Crippen LogP) is 3.79. The van der Waals surface area contributed by atoms with Crippen LogP contribution in [0.3, 0.4) is 0 Å². The van der Waals surface area contributed by atoms with Crippen molar-refractivity contribution in [3.8, 4) is 0 Å². The summed E-state index contributed by atoms with van der Waals surface area (Å²) in [6.45, 7) is 4.26. The minimum absolute atomic E-state index is 0.264. The summed E-state index contributed by atoms with van der Waals surface area (Å²) in [5.41, 5.74) is 2.25. The third-order valence-electron chi connectivity index (χ3n) is 3.10. The predicted molar refractivity (Wildman–Crippen MR) is 85.9 cm³/mol. The molecular weight excluding hydrogens is 291 g/mol. The molecule has 2 aromatic carbocycles. The van der Waals surface area contributed by atoms with Crippen LogP contribution in [0.4, 0.5) is 0 Å². The van der Waals surface area contributed by atoms with E-state index in [9.17, 15) is 4.57 Å². The SMILES string of the molecule is Cc1ccc(P(=O)(OCCCl)c2ccc(C)cc2)cc1. The van der Waals surface area contributed by atoms with Crippen LogP contribution in [-0.4, -0.2) is 12.5 Å². The highest BCUT2D eigenvalue weighted by atomic mass is 35.5. The van der Waals surface area contributed by atoms with Gasteiger partial charge < -0.3 is 4.52 Å². The summed E-state index contributed by atoms with van der Waals surface area (Å²) < 4.78 is 19.0. The lowest BCUT2D eigenvalue weighted by Crippen LogP contribution is -2.19. The Morgan fingerprint density at radius 2 is 1.30 bits per heavy atom. The lowest BCUT2D eigenvalue weighted by Gasteiger charge is -2.19. The highest BCUT2D eigenvalue weighted by Gasteiger charge is 2.28. The van der Waals surface area contributed by atoms with Gasteiger partial charge in [-0.2, -0.15) is 0 Å². The fourth-order valence-corrected chi connectivity index (χ4v) is 4.16.